The molecule has 0 spiro atoms. The second-order valence-corrected chi connectivity index (χ2v) is 3.83. The molecule has 0 aromatic carbocycles. The van der Waals surface area contributed by atoms with E-state index < -0.39 is 0 Å². The first-order valence-corrected chi connectivity index (χ1v) is 5.09. The van der Waals surface area contributed by atoms with Crippen LogP contribution in [0.5, 0.6) is 5.75 Å². The Morgan fingerprint density at radius 3 is 2.93 bits per heavy atom. The van der Waals surface area contributed by atoms with E-state index in [9.17, 15) is 0 Å². The van der Waals surface area contributed by atoms with Gasteiger partial charge in [0.1, 0.15) is 0 Å². The van der Waals surface area contributed by atoms with Gasteiger partial charge in [-0.3, -0.25) is 0 Å². The minimum Gasteiger partial charge on any atom is -0.487 e. The number of pyridine rings is 1. The van der Waals surface area contributed by atoms with Crippen molar-refractivity contribution in [2.24, 2.45) is 0 Å². The minimum atomic E-state index is 0.152. The first kappa shape index (κ1) is 11.6. The van der Waals surface area contributed by atoms with E-state index in [-0.39, 0.29) is 6.10 Å². The summed E-state index contributed by atoms with van der Waals surface area (Å²) in [6, 6.07) is 3.78. The first-order chi connectivity index (χ1) is 7.09. The Labute approximate surface area is 91.2 Å². The quantitative estimate of drug-likeness (QED) is 0.752. The van der Waals surface area contributed by atoms with Crippen LogP contribution in [0.4, 0.5) is 5.82 Å². The lowest BCUT2D eigenvalue weighted by molar-refractivity contribution is 0.243. The van der Waals surface area contributed by atoms with E-state index in [2.05, 4.69) is 16.9 Å². The number of nitrogens with one attached hydrogen (secondary N) is 1. The summed E-state index contributed by atoms with van der Waals surface area (Å²) >= 11 is 0. The lowest BCUT2D eigenvalue weighted by Crippen LogP contribution is -2.10. The number of aromatic nitrogens is 1. The predicted molar refractivity (Wildman–Crippen MR) is 63.3 cm³/mol. The van der Waals surface area contributed by atoms with Crippen molar-refractivity contribution in [2.45, 2.75) is 26.9 Å². The van der Waals surface area contributed by atoms with Gasteiger partial charge in [-0.1, -0.05) is 12.2 Å². The van der Waals surface area contributed by atoms with Gasteiger partial charge in [-0.05, 0) is 32.9 Å². The number of hydrogen-bond acceptors (Lipinski definition) is 3. The van der Waals surface area contributed by atoms with Crippen LogP contribution in [0, 0.1) is 0 Å². The van der Waals surface area contributed by atoms with Crippen LogP contribution >= 0.6 is 0 Å². The van der Waals surface area contributed by atoms with Crippen LogP contribution < -0.4 is 10.1 Å². The van der Waals surface area contributed by atoms with E-state index in [1.165, 1.54) is 0 Å². The van der Waals surface area contributed by atoms with Gasteiger partial charge in [0.15, 0.2) is 11.6 Å². The van der Waals surface area contributed by atoms with Crippen molar-refractivity contribution in [2.75, 3.05) is 11.9 Å². The number of nitrogens with zero attached hydrogens (tertiary/aromatic N) is 1. The van der Waals surface area contributed by atoms with Gasteiger partial charge in [-0.25, -0.2) is 4.98 Å². The maximum Gasteiger partial charge on any atom is 0.169 e. The second-order valence-electron chi connectivity index (χ2n) is 3.83. The Morgan fingerprint density at radius 1 is 1.60 bits per heavy atom. The summed E-state index contributed by atoms with van der Waals surface area (Å²) in [4.78, 5) is 4.23. The van der Waals surface area contributed by atoms with E-state index in [0.717, 1.165) is 17.1 Å². The fourth-order valence-corrected chi connectivity index (χ4v) is 1.11. The molecule has 82 valence electrons. The predicted octanol–water partition coefficient (Wildman–Crippen LogP) is 2.86. The van der Waals surface area contributed by atoms with Crippen molar-refractivity contribution < 1.29 is 4.74 Å². The zero-order valence-electron chi connectivity index (χ0n) is 9.58. The molecule has 0 radical (unpaired) electrons. The third-order valence-corrected chi connectivity index (χ3v) is 1.69. The van der Waals surface area contributed by atoms with Crippen LogP contribution in [0.15, 0.2) is 30.5 Å². The Balaban J connectivity index is 2.72. The molecule has 1 N–H and O–H groups in total. The summed E-state index contributed by atoms with van der Waals surface area (Å²) in [5, 5.41) is 3.18. The zero-order chi connectivity index (χ0) is 11.3. The highest BCUT2D eigenvalue weighted by Gasteiger charge is 2.05. The lowest BCUT2D eigenvalue weighted by Gasteiger charge is -2.14. The molecule has 1 rings (SSSR count). The summed E-state index contributed by atoms with van der Waals surface area (Å²) < 4.78 is 5.62. The molecule has 1 aromatic heterocycles. The Morgan fingerprint density at radius 2 is 2.33 bits per heavy atom. The summed E-state index contributed by atoms with van der Waals surface area (Å²) in [6.07, 6.45) is 1.90. The van der Waals surface area contributed by atoms with E-state index >= 15 is 0 Å². The maximum atomic E-state index is 5.62. The summed E-state index contributed by atoms with van der Waals surface area (Å²) in [7, 11) is 0. The van der Waals surface area contributed by atoms with Crippen molar-refractivity contribution in [3.8, 4) is 5.75 Å². The number of ether oxygens (including phenoxy) is 1. The van der Waals surface area contributed by atoms with E-state index in [0.29, 0.717) is 6.54 Å². The summed E-state index contributed by atoms with van der Waals surface area (Å²) in [6.45, 7) is 10.5. The second kappa shape index (κ2) is 5.39. The molecule has 0 atom stereocenters. The highest BCUT2D eigenvalue weighted by molar-refractivity contribution is 5.50. The molecule has 1 aromatic rings. The average Bonchev–Trinajstić information content (AvgIpc) is 2.15. The van der Waals surface area contributed by atoms with Gasteiger partial charge in [-0.15, -0.1) is 0 Å². The van der Waals surface area contributed by atoms with Gasteiger partial charge >= 0.3 is 0 Å². The molecule has 3 nitrogen and oxygen atoms in total. The molecule has 0 aliphatic heterocycles. The first-order valence-electron chi connectivity index (χ1n) is 5.09. The van der Waals surface area contributed by atoms with Gasteiger partial charge in [0.05, 0.1) is 6.10 Å². The van der Waals surface area contributed by atoms with Crippen LogP contribution in [0.25, 0.3) is 0 Å². The largest absolute Gasteiger partial charge is 0.487 e. The van der Waals surface area contributed by atoms with Crippen LogP contribution in [0.1, 0.15) is 20.8 Å². The molecule has 0 bridgehead atoms. The van der Waals surface area contributed by atoms with Gasteiger partial charge < -0.3 is 10.1 Å². The fraction of sp³-hybridized carbons (Fsp3) is 0.417. The van der Waals surface area contributed by atoms with Crippen molar-refractivity contribution in [1.82, 2.24) is 4.98 Å². The molecule has 0 aliphatic rings. The number of rotatable bonds is 5. The van der Waals surface area contributed by atoms with E-state index in [1.807, 2.05) is 32.9 Å². The molecule has 0 amide bonds. The third kappa shape index (κ3) is 4.02. The Bertz CT molecular complexity index is 334. The standard InChI is InChI=1S/C12H18N2O/c1-9(2)8-14-12-11(15-10(3)4)6-5-7-13-12/h5-7,10H,1,8H2,2-4H3,(H,13,14). The molecular weight excluding hydrogens is 188 g/mol. The summed E-state index contributed by atoms with van der Waals surface area (Å²) in [5.41, 5.74) is 1.07. The Hall–Kier alpha value is -1.51. The minimum absolute atomic E-state index is 0.152. The monoisotopic (exact) mass is 206 g/mol. The molecule has 0 fully saturated rings. The smallest absolute Gasteiger partial charge is 0.169 e. The molecule has 15 heavy (non-hydrogen) atoms. The molecule has 3 heteroatoms. The molecular formula is C12H18N2O. The normalized spacial score (nSPS) is 10.1. The highest BCUT2D eigenvalue weighted by atomic mass is 16.5. The van der Waals surface area contributed by atoms with Gasteiger partial charge in [0.2, 0.25) is 0 Å². The maximum absolute atomic E-state index is 5.62. The van der Waals surface area contributed by atoms with Gasteiger partial charge in [0, 0.05) is 12.7 Å². The molecule has 0 aliphatic carbocycles. The molecule has 1 heterocycles. The van der Waals surface area contributed by atoms with Crippen molar-refractivity contribution in [1.29, 1.82) is 0 Å². The number of anilines is 1. The van der Waals surface area contributed by atoms with Crippen molar-refractivity contribution in [3.05, 3.63) is 30.5 Å². The SMILES string of the molecule is C=C(C)CNc1ncccc1OC(C)C. The molecule has 0 saturated carbocycles. The van der Waals surface area contributed by atoms with Gasteiger partial charge in [-0.2, -0.15) is 0 Å². The van der Waals surface area contributed by atoms with Crippen LogP contribution in [-0.4, -0.2) is 17.6 Å². The number of hydrogen-bond donors (Lipinski definition) is 1. The Kier molecular flexibility index (Phi) is 4.16. The summed E-state index contributed by atoms with van der Waals surface area (Å²) in [5.74, 6) is 1.56. The molecule has 0 unspecified atom stereocenters. The zero-order valence-corrected chi connectivity index (χ0v) is 9.58. The average molecular weight is 206 g/mol. The lowest BCUT2D eigenvalue weighted by atomic mass is 10.3. The molecule has 0 saturated heterocycles. The van der Waals surface area contributed by atoms with Crippen molar-refractivity contribution >= 4 is 5.82 Å². The van der Waals surface area contributed by atoms with Crippen molar-refractivity contribution in [3.63, 3.8) is 0 Å². The fourth-order valence-electron chi connectivity index (χ4n) is 1.11. The highest BCUT2D eigenvalue weighted by Crippen LogP contribution is 2.21. The van der Waals surface area contributed by atoms with E-state index in [4.69, 9.17) is 4.74 Å². The van der Waals surface area contributed by atoms with Crippen LogP contribution in [-0.2, 0) is 0 Å². The van der Waals surface area contributed by atoms with Gasteiger partial charge in [0.25, 0.3) is 0 Å². The van der Waals surface area contributed by atoms with Crippen LogP contribution in [0.3, 0.4) is 0 Å². The third-order valence-electron chi connectivity index (χ3n) is 1.69. The van der Waals surface area contributed by atoms with E-state index in [1.54, 1.807) is 6.20 Å². The topological polar surface area (TPSA) is 34.2 Å². The van der Waals surface area contributed by atoms with Crippen LogP contribution in [0.2, 0.25) is 0 Å².